The molecule has 140 valence electrons. The Morgan fingerprint density at radius 3 is 2.52 bits per heavy atom. The van der Waals surface area contributed by atoms with Crippen LogP contribution in [0.1, 0.15) is 24.9 Å². The van der Waals surface area contributed by atoms with Gasteiger partial charge in [-0.15, -0.1) is 0 Å². The van der Waals surface area contributed by atoms with Crippen LogP contribution in [0.15, 0.2) is 54.6 Å². The molecule has 7 nitrogen and oxygen atoms in total. The molecule has 0 unspecified atom stereocenters. The zero-order chi connectivity index (χ0) is 19.4. The summed E-state index contributed by atoms with van der Waals surface area (Å²) in [6.07, 6.45) is -0.664. The van der Waals surface area contributed by atoms with Gasteiger partial charge in [0.15, 0.2) is 12.1 Å². The van der Waals surface area contributed by atoms with Gasteiger partial charge < -0.3 is 20.1 Å². The molecule has 0 saturated heterocycles. The predicted molar refractivity (Wildman–Crippen MR) is 98.5 cm³/mol. The summed E-state index contributed by atoms with van der Waals surface area (Å²) in [4.78, 5) is 37.8. The van der Waals surface area contributed by atoms with E-state index in [1.165, 1.54) is 4.90 Å². The lowest BCUT2D eigenvalue weighted by atomic mass is 10.1. The number of anilines is 1. The third kappa shape index (κ3) is 4.08. The average molecular weight is 368 g/mol. The van der Waals surface area contributed by atoms with Crippen molar-refractivity contribution in [2.75, 3.05) is 11.4 Å². The number of hydrogen-bond acceptors (Lipinski definition) is 4. The zero-order valence-corrected chi connectivity index (χ0v) is 14.8. The molecule has 0 radical (unpaired) electrons. The molecule has 3 rings (SSSR count). The first-order valence-corrected chi connectivity index (χ1v) is 8.61. The number of fused-ring (bicyclic) bond motifs is 1. The lowest BCUT2D eigenvalue weighted by molar-refractivity contribution is -0.142. The molecule has 27 heavy (non-hydrogen) atoms. The fraction of sp³-hybridized carbons (Fsp3) is 0.250. The molecule has 2 aromatic rings. The predicted octanol–water partition coefficient (Wildman–Crippen LogP) is 2.13. The first-order chi connectivity index (χ1) is 13.0. The lowest BCUT2D eigenvalue weighted by Crippen LogP contribution is -2.46. The third-order valence-electron chi connectivity index (χ3n) is 4.32. The van der Waals surface area contributed by atoms with Crippen molar-refractivity contribution in [3.8, 4) is 5.75 Å². The maximum Gasteiger partial charge on any atom is 0.330 e. The first-order valence-electron chi connectivity index (χ1n) is 8.61. The summed E-state index contributed by atoms with van der Waals surface area (Å²) in [5.41, 5.74) is 1.09. The van der Waals surface area contributed by atoms with E-state index in [0.717, 1.165) is 0 Å². The molecule has 2 amide bonds. The number of carboxylic acid groups (broad SMARTS) is 1. The SMILES string of the molecule is C[C@@H]1Oc2ccccc2N(CCC(=O)N[C@H](C(=O)O)c2ccccc2)C1=O. The van der Waals surface area contributed by atoms with Crippen LogP contribution in [0.4, 0.5) is 5.69 Å². The number of nitrogens with zero attached hydrogens (tertiary/aromatic N) is 1. The normalized spacial score (nSPS) is 16.9. The van der Waals surface area contributed by atoms with E-state index in [-0.39, 0.29) is 18.9 Å². The standard InChI is InChI=1S/C20H20N2O5/c1-13-19(24)22(15-9-5-6-10-16(15)27-13)12-11-17(23)21-18(20(25)26)14-7-3-2-4-8-14/h2-10,13,18H,11-12H2,1H3,(H,21,23)(H,25,26)/t13-,18-/m0/s1. The molecule has 7 heteroatoms. The summed E-state index contributed by atoms with van der Waals surface area (Å²) in [6, 6.07) is 14.5. The second kappa shape index (κ2) is 7.90. The fourth-order valence-corrected chi connectivity index (χ4v) is 2.97. The van der Waals surface area contributed by atoms with Crippen molar-refractivity contribution in [2.24, 2.45) is 0 Å². The van der Waals surface area contributed by atoms with Gasteiger partial charge in [0.05, 0.1) is 5.69 Å². The molecule has 0 aliphatic carbocycles. The monoisotopic (exact) mass is 368 g/mol. The fourth-order valence-electron chi connectivity index (χ4n) is 2.97. The van der Waals surface area contributed by atoms with Crippen LogP contribution in [0.2, 0.25) is 0 Å². The third-order valence-corrected chi connectivity index (χ3v) is 4.32. The number of amides is 2. The van der Waals surface area contributed by atoms with E-state index in [1.807, 2.05) is 6.07 Å². The number of nitrogens with one attached hydrogen (secondary N) is 1. The van der Waals surface area contributed by atoms with Crippen molar-refractivity contribution in [2.45, 2.75) is 25.5 Å². The van der Waals surface area contributed by atoms with E-state index >= 15 is 0 Å². The Hall–Kier alpha value is -3.35. The Morgan fingerprint density at radius 2 is 1.81 bits per heavy atom. The Bertz CT molecular complexity index is 852. The molecule has 0 fully saturated rings. The second-order valence-corrected chi connectivity index (χ2v) is 6.22. The smallest absolute Gasteiger partial charge is 0.330 e. The number of aliphatic carboxylic acids is 1. The molecule has 1 aliphatic heterocycles. The summed E-state index contributed by atoms with van der Waals surface area (Å²) in [5, 5.41) is 11.9. The summed E-state index contributed by atoms with van der Waals surface area (Å²) in [5.74, 6) is -1.25. The van der Waals surface area contributed by atoms with E-state index in [1.54, 1.807) is 55.5 Å². The molecule has 2 atom stereocenters. The number of ether oxygens (including phenoxy) is 1. The second-order valence-electron chi connectivity index (χ2n) is 6.22. The molecule has 1 heterocycles. The van der Waals surface area contributed by atoms with Gasteiger partial charge in [-0.2, -0.15) is 0 Å². The van der Waals surface area contributed by atoms with Gasteiger partial charge in [-0.1, -0.05) is 42.5 Å². The summed E-state index contributed by atoms with van der Waals surface area (Å²) in [6.45, 7) is 1.79. The van der Waals surface area contributed by atoms with Crippen LogP contribution in [0, 0.1) is 0 Å². The van der Waals surface area contributed by atoms with Crippen LogP contribution in [-0.2, 0) is 14.4 Å². The van der Waals surface area contributed by atoms with Crippen molar-refractivity contribution < 1.29 is 24.2 Å². The number of carbonyl (C=O) groups is 3. The van der Waals surface area contributed by atoms with Crippen molar-refractivity contribution in [3.63, 3.8) is 0 Å². The van der Waals surface area contributed by atoms with Crippen LogP contribution in [0.25, 0.3) is 0 Å². The van der Waals surface area contributed by atoms with Crippen molar-refractivity contribution in [1.82, 2.24) is 5.32 Å². The molecular weight excluding hydrogens is 348 g/mol. The minimum Gasteiger partial charge on any atom is -0.479 e. The van der Waals surface area contributed by atoms with Gasteiger partial charge in [0.2, 0.25) is 5.91 Å². The van der Waals surface area contributed by atoms with Crippen LogP contribution in [0.5, 0.6) is 5.75 Å². The quantitative estimate of drug-likeness (QED) is 0.814. The number of hydrogen-bond donors (Lipinski definition) is 2. The maximum absolute atomic E-state index is 12.4. The molecule has 0 aromatic heterocycles. The molecule has 0 spiro atoms. The van der Waals surface area contributed by atoms with Crippen LogP contribution in [-0.4, -0.2) is 35.5 Å². The Labute approximate surface area is 156 Å². The van der Waals surface area contributed by atoms with E-state index < -0.39 is 24.0 Å². The van der Waals surface area contributed by atoms with Gasteiger partial charge in [-0.3, -0.25) is 9.59 Å². The largest absolute Gasteiger partial charge is 0.479 e. The van der Waals surface area contributed by atoms with Gasteiger partial charge in [0.25, 0.3) is 5.91 Å². The van der Waals surface area contributed by atoms with Crippen LogP contribution < -0.4 is 15.0 Å². The van der Waals surface area contributed by atoms with Gasteiger partial charge in [-0.05, 0) is 24.6 Å². The number of rotatable bonds is 6. The summed E-state index contributed by atoms with van der Waals surface area (Å²) >= 11 is 0. The Kier molecular flexibility index (Phi) is 5.40. The number of benzene rings is 2. The lowest BCUT2D eigenvalue weighted by Gasteiger charge is -2.32. The van der Waals surface area contributed by atoms with Gasteiger partial charge in [-0.25, -0.2) is 4.79 Å². The minimum absolute atomic E-state index is 0.0244. The molecular formula is C20H20N2O5. The highest BCUT2D eigenvalue weighted by Gasteiger charge is 2.31. The molecule has 2 aromatic carbocycles. The molecule has 0 bridgehead atoms. The minimum atomic E-state index is -1.14. The summed E-state index contributed by atoms with van der Waals surface area (Å²) in [7, 11) is 0. The van der Waals surface area contributed by atoms with E-state index in [2.05, 4.69) is 5.32 Å². The Balaban J connectivity index is 1.68. The molecule has 0 saturated carbocycles. The highest BCUT2D eigenvalue weighted by Crippen LogP contribution is 2.33. The zero-order valence-electron chi connectivity index (χ0n) is 14.8. The highest BCUT2D eigenvalue weighted by atomic mass is 16.5. The number of para-hydroxylation sites is 2. The molecule has 1 aliphatic rings. The van der Waals surface area contributed by atoms with Gasteiger partial charge >= 0.3 is 5.97 Å². The van der Waals surface area contributed by atoms with Crippen LogP contribution >= 0.6 is 0 Å². The number of carboxylic acids is 1. The summed E-state index contributed by atoms with van der Waals surface area (Å²) < 4.78 is 5.57. The van der Waals surface area contributed by atoms with Crippen LogP contribution in [0.3, 0.4) is 0 Å². The van der Waals surface area contributed by atoms with Gasteiger partial charge in [0.1, 0.15) is 5.75 Å². The van der Waals surface area contributed by atoms with E-state index in [4.69, 9.17) is 4.74 Å². The van der Waals surface area contributed by atoms with Crippen molar-refractivity contribution >= 4 is 23.5 Å². The van der Waals surface area contributed by atoms with Crippen molar-refractivity contribution in [1.29, 1.82) is 0 Å². The first kappa shape index (κ1) is 18.4. The highest BCUT2D eigenvalue weighted by molar-refractivity contribution is 6.00. The molecule has 2 N–H and O–H groups in total. The van der Waals surface area contributed by atoms with E-state index in [9.17, 15) is 19.5 Å². The topological polar surface area (TPSA) is 95.9 Å². The Morgan fingerprint density at radius 1 is 1.15 bits per heavy atom. The van der Waals surface area contributed by atoms with Gasteiger partial charge in [0, 0.05) is 13.0 Å². The van der Waals surface area contributed by atoms with E-state index in [0.29, 0.717) is 17.0 Å². The van der Waals surface area contributed by atoms with Crippen molar-refractivity contribution in [3.05, 3.63) is 60.2 Å². The number of carbonyl (C=O) groups excluding carboxylic acids is 2. The average Bonchev–Trinajstić information content (AvgIpc) is 2.67. The maximum atomic E-state index is 12.4.